The monoisotopic (exact) mass is 222 g/mol. The van der Waals surface area contributed by atoms with Crippen LogP contribution in [0.15, 0.2) is 18.2 Å². The Morgan fingerprint density at radius 3 is 2.88 bits per heavy atom. The van der Waals surface area contributed by atoms with E-state index in [0.717, 1.165) is 12.3 Å². The van der Waals surface area contributed by atoms with Crippen LogP contribution in [0.4, 0.5) is 10.2 Å². The lowest BCUT2D eigenvalue weighted by molar-refractivity contribution is 0.280. The minimum Gasteiger partial charge on any atom is -0.367 e. The molecule has 0 radical (unpaired) electrons. The van der Waals surface area contributed by atoms with E-state index in [0.29, 0.717) is 17.8 Å². The number of pyridine rings is 1. The molecule has 1 saturated carbocycles. The van der Waals surface area contributed by atoms with Gasteiger partial charge >= 0.3 is 0 Å². The number of hydrogen-bond acceptors (Lipinski definition) is 2. The summed E-state index contributed by atoms with van der Waals surface area (Å²) in [5.74, 6) is 1.64. The second-order valence-corrected chi connectivity index (χ2v) is 4.99. The second kappa shape index (κ2) is 4.81. The van der Waals surface area contributed by atoms with Crippen molar-refractivity contribution in [3.05, 3.63) is 24.1 Å². The molecule has 0 saturated heterocycles. The standard InChI is InChI=1S/C13H19FN2/c1-9-6-7-10(2)11(8-9)15-13-5-3-4-12(14)16-13/h3-5,9-11H,6-8H2,1-2H3,(H,15,16). The average Bonchev–Trinajstić information content (AvgIpc) is 2.24. The average molecular weight is 222 g/mol. The lowest BCUT2D eigenvalue weighted by Gasteiger charge is -2.33. The maximum absolute atomic E-state index is 12.9. The van der Waals surface area contributed by atoms with Crippen molar-refractivity contribution in [2.45, 2.75) is 39.2 Å². The Morgan fingerprint density at radius 2 is 2.12 bits per heavy atom. The van der Waals surface area contributed by atoms with Gasteiger partial charge in [-0.25, -0.2) is 4.98 Å². The molecule has 0 aromatic carbocycles. The van der Waals surface area contributed by atoms with E-state index < -0.39 is 5.95 Å². The zero-order chi connectivity index (χ0) is 11.5. The summed E-state index contributed by atoms with van der Waals surface area (Å²) >= 11 is 0. The first-order chi connectivity index (χ1) is 7.65. The molecule has 1 heterocycles. The Labute approximate surface area is 96.3 Å². The van der Waals surface area contributed by atoms with E-state index in [9.17, 15) is 4.39 Å². The minimum absolute atomic E-state index is 0.415. The van der Waals surface area contributed by atoms with Crippen LogP contribution in [0.2, 0.25) is 0 Å². The number of nitrogens with one attached hydrogen (secondary N) is 1. The molecule has 1 fully saturated rings. The molecule has 3 heteroatoms. The van der Waals surface area contributed by atoms with E-state index in [1.807, 2.05) is 6.07 Å². The quantitative estimate of drug-likeness (QED) is 0.775. The molecule has 1 aromatic rings. The smallest absolute Gasteiger partial charge is 0.214 e. The molecule has 2 nitrogen and oxygen atoms in total. The largest absolute Gasteiger partial charge is 0.367 e. The van der Waals surface area contributed by atoms with E-state index in [1.165, 1.54) is 18.9 Å². The molecule has 0 aliphatic heterocycles. The Morgan fingerprint density at radius 1 is 1.31 bits per heavy atom. The van der Waals surface area contributed by atoms with Gasteiger partial charge in [0.15, 0.2) is 0 Å². The van der Waals surface area contributed by atoms with E-state index in [1.54, 1.807) is 6.07 Å². The van der Waals surface area contributed by atoms with Crippen LogP contribution < -0.4 is 5.32 Å². The molecular weight excluding hydrogens is 203 g/mol. The molecule has 3 unspecified atom stereocenters. The molecule has 16 heavy (non-hydrogen) atoms. The zero-order valence-corrected chi connectivity index (χ0v) is 9.91. The van der Waals surface area contributed by atoms with Crippen LogP contribution in [0.5, 0.6) is 0 Å². The van der Waals surface area contributed by atoms with Gasteiger partial charge in [-0.2, -0.15) is 4.39 Å². The molecule has 1 aliphatic rings. The van der Waals surface area contributed by atoms with Crippen LogP contribution in [0, 0.1) is 17.8 Å². The number of halogens is 1. The van der Waals surface area contributed by atoms with Crippen molar-refractivity contribution < 1.29 is 4.39 Å². The molecule has 0 spiro atoms. The predicted octanol–water partition coefficient (Wildman–Crippen LogP) is 3.46. The third-order valence-corrected chi connectivity index (χ3v) is 3.51. The van der Waals surface area contributed by atoms with E-state index in [4.69, 9.17) is 0 Å². The van der Waals surface area contributed by atoms with Crippen molar-refractivity contribution in [1.82, 2.24) is 4.98 Å². The van der Waals surface area contributed by atoms with E-state index >= 15 is 0 Å². The van der Waals surface area contributed by atoms with Crippen molar-refractivity contribution in [2.24, 2.45) is 11.8 Å². The summed E-state index contributed by atoms with van der Waals surface area (Å²) in [4.78, 5) is 3.85. The van der Waals surface area contributed by atoms with Crippen LogP contribution >= 0.6 is 0 Å². The Kier molecular flexibility index (Phi) is 3.42. The molecule has 3 atom stereocenters. The highest BCUT2D eigenvalue weighted by Crippen LogP contribution is 2.30. The van der Waals surface area contributed by atoms with Crippen molar-refractivity contribution in [2.75, 3.05) is 5.32 Å². The fraction of sp³-hybridized carbons (Fsp3) is 0.615. The molecule has 0 bridgehead atoms. The molecule has 0 amide bonds. The van der Waals surface area contributed by atoms with Gasteiger partial charge in [-0.3, -0.25) is 0 Å². The van der Waals surface area contributed by atoms with Crippen molar-refractivity contribution in [3.63, 3.8) is 0 Å². The summed E-state index contributed by atoms with van der Waals surface area (Å²) < 4.78 is 12.9. The minimum atomic E-state index is -0.415. The van der Waals surface area contributed by atoms with Crippen molar-refractivity contribution in [1.29, 1.82) is 0 Å². The molecule has 1 N–H and O–H groups in total. The summed E-state index contributed by atoms with van der Waals surface area (Å²) in [6.45, 7) is 4.53. The molecule has 1 aromatic heterocycles. The maximum Gasteiger partial charge on any atom is 0.214 e. The fourth-order valence-corrected chi connectivity index (χ4v) is 2.41. The number of nitrogens with zero attached hydrogens (tertiary/aromatic N) is 1. The first-order valence-electron chi connectivity index (χ1n) is 6.04. The van der Waals surface area contributed by atoms with Gasteiger partial charge in [-0.15, -0.1) is 0 Å². The first kappa shape index (κ1) is 11.4. The summed E-state index contributed by atoms with van der Waals surface area (Å²) in [6.07, 6.45) is 3.70. The van der Waals surface area contributed by atoms with Crippen LogP contribution in [0.25, 0.3) is 0 Å². The third kappa shape index (κ3) is 2.71. The highest BCUT2D eigenvalue weighted by molar-refractivity contribution is 5.35. The fourth-order valence-electron chi connectivity index (χ4n) is 2.41. The molecular formula is C13H19FN2. The Bertz CT molecular complexity index is 354. The number of aromatic nitrogens is 1. The molecule has 2 rings (SSSR count). The Hall–Kier alpha value is -1.12. The van der Waals surface area contributed by atoms with Gasteiger partial charge in [-0.05, 0) is 36.8 Å². The Balaban J connectivity index is 2.02. The molecule has 1 aliphatic carbocycles. The van der Waals surface area contributed by atoms with Gasteiger partial charge in [0.2, 0.25) is 5.95 Å². The summed E-state index contributed by atoms with van der Waals surface area (Å²) in [7, 11) is 0. The highest BCUT2D eigenvalue weighted by atomic mass is 19.1. The zero-order valence-electron chi connectivity index (χ0n) is 9.91. The first-order valence-corrected chi connectivity index (χ1v) is 6.04. The van der Waals surface area contributed by atoms with Crippen LogP contribution in [0.1, 0.15) is 33.1 Å². The topological polar surface area (TPSA) is 24.9 Å². The van der Waals surface area contributed by atoms with Crippen molar-refractivity contribution in [3.8, 4) is 0 Å². The van der Waals surface area contributed by atoms with Crippen LogP contribution in [-0.4, -0.2) is 11.0 Å². The van der Waals surface area contributed by atoms with E-state index in [-0.39, 0.29) is 0 Å². The van der Waals surface area contributed by atoms with Crippen molar-refractivity contribution >= 4 is 5.82 Å². The summed E-state index contributed by atoms with van der Waals surface area (Å²) in [5, 5.41) is 3.35. The maximum atomic E-state index is 12.9. The number of hydrogen-bond donors (Lipinski definition) is 1. The highest BCUT2D eigenvalue weighted by Gasteiger charge is 2.25. The summed E-state index contributed by atoms with van der Waals surface area (Å²) in [5.41, 5.74) is 0. The summed E-state index contributed by atoms with van der Waals surface area (Å²) in [6, 6.07) is 5.33. The number of anilines is 1. The van der Waals surface area contributed by atoms with E-state index in [2.05, 4.69) is 24.1 Å². The number of rotatable bonds is 2. The second-order valence-electron chi connectivity index (χ2n) is 4.99. The van der Waals surface area contributed by atoms with Crippen LogP contribution in [0.3, 0.4) is 0 Å². The van der Waals surface area contributed by atoms with Gasteiger partial charge in [0.1, 0.15) is 5.82 Å². The van der Waals surface area contributed by atoms with Gasteiger partial charge in [-0.1, -0.05) is 26.3 Å². The van der Waals surface area contributed by atoms with Gasteiger partial charge in [0, 0.05) is 6.04 Å². The normalized spacial score (nSPS) is 30.1. The van der Waals surface area contributed by atoms with Gasteiger partial charge in [0.25, 0.3) is 0 Å². The lowest BCUT2D eigenvalue weighted by atomic mass is 9.80. The van der Waals surface area contributed by atoms with Gasteiger partial charge in [0.05, 0.1) is 0 Å². The molecule has 88 valence electrons. The predicted molar refractivity (Wildman–Crippen MR) is 63.8 cm³/mol. The van der Waals surface area contributed by atoms with Crippen LogP contribution in [-0.2, 0) is 0 Å². The van der Waals surface area contributed by atoms with Gasteiger partial charge < -0.3 is 5.32 Å². The third-order valence-electron chi connectivity index (χ3n) is 3.51. The lowest BCUT2D eigenvalue weighted by Crippen LogP contribution is -2.33. The SMILES string of the molecule is CC1CCC(C)C(Nc2cccc(F)n2)C1.